The van der Waals surface area contributed by atoms with Gasteiger partial charge in [0.15, 0.2) is 0 Å². The van der Waals surface area contributed by atoms with Crippen molar-refractivity contribution in [3.8, 4) is 0 Å². The second kappa shape index (κ2) is 10.6. The minimum atomic E-state index is 0. The molecule has 0 aromatic heterocycles. The van der Waals surface area contributed by atoms with Gasteiger partial charge in [-0.3, -0.25) is 0 Å². The first-order valence-corrected chi connectivity index (χ1v) is 7.87. The van der Waals surface area contributed by atoms with Crippen LogP contribution in [0.1, 0.15) is 53.9 Å². The van der Waals surface area contributed by atoms with Crippen molar-refractivity contribution in [2.24, 2.45) is 5.41 Å². The second-order valence-corrected chi connectivity index (χ2v) is 6.67. The first-order valence-electron chi connectivity index (χ1n) is 7.87. The molecular formula is C20H32CaO. The quantitative estimate of drug-likeness (QED) is 0.578. The van der Waals surface area contributed by atoms with Gasteiger partial charge in [0.1, 0.15) is 0 Å². The zero-order chi connectivity index (χ0) is 15.9. The summed E-state index contributed by atoms with van der Waals surface area (Å²) in [6.45, 7) is 11.2. The maximum absolute atomic E-state index is 8.81. The molecule has 0 saturated heterocycles. The van der Waals surface area contributed by atoms with E-state index in [0.717, 1.165) is 5.57 Å². The van der Waals surface area contributed by atoms with E-state index in [1.165, 1.54) is 36.0 Å². The molecule has 1 aliphatic carbocycles. The van der Waals surface area contributed by atoms with E-state index < -0.39 is 0 Å². The van der Waals surface area contributed by atoms with E-state index in [4.69, 9.17) is 5.11 Å². The van der Waals surface area contributed by atoms with Crippen molar-refractivity contribution in [1.29, 1.82) is 0 Å². The third-order valence-corrected chi connectivity index (χ3v) is 4.19. The van der Waals surface area contributed by atoms with Crippen molar-refractivity contribution in [1.82, 2.24) is 0 Å². The molecule has 0 aromatic carbocycles. The van der Waals surface area contributed by atoms with Gasteiger partial charge in [0.05, 0.1) is 6.61 Å². The summed E-state index contributed by atoms with van der Waals surface area (Å²) in [7, 11) is 0. The van der Waals surface area contributed by atoms with Crippen LogP contribution in [0.5, 0.6) is 0 Å². The fourth-order valence-corrected chi connectivity index (χ4v) is 2.84. The number of aliphatic hydroxyl groups excluding tert-OH is 1. The molecule has 2 heteroatoms. The Hall–Kier alpha value is -0.0803. The number of aliphatic hydroxyl groups is 1. The van der Waals surface area contributed by atoms with Crippen molar-refractivity contribution in [2.75, 3.05) is 6.61 Å². The Bertz CT molecular complexity index is 502. The van der Waals surface area contributed by atoms with E-state index in [0.29, 0.717) is 5.41 Å². The van der Waals surface area contributed by atoms with Crippen molar-refractivity contribution in [3.63, 3.8) is 0 Å². The van der Waals surface area contributed by atoms with Crippen LogP contribution in [0.15, 0.2) is 58.7 Å². The molecule has 22 heavy (non-hydrogen) atoms. The SMILES string of the molecule is CC(C=CC1=C(C)CCCC1(C)C)=CC=CC(C)=CCO.[CaH2]. The van der Waals surface area contributed by atoms with Crippen molar-refractivity contribution in [2.45, 2.75) is 53.9 Å². The van der Waals surface area contributed by atoms with Gasteiger partial charge >= 0.3 is 37.7 Å². The molecule has 0 radical (unpaired) electrons. The molecule has 0 aliphatic heterocycles. The number of rotatable bonds is 5. The van der Waals surface area contributed by atoms with Crippen LogP contribution < -0.4 is 0 Å². The van der Waals surface area contributed by atoms with Crippen LogP contribution >= 0.6 is 0 Å². The van der Waals surface area contributed by atoms with Crippen LogP contribution in [0.3, 0.4) is 0 Å². The molecular weight excluding hydrogens is 296 g/mol. The summed E-state index contributed by atoms with van der Waals surface area (Å²) in [6.07, 6.45) is 16.3. The van der Waals surface area contributed by atoms with Gasteiger partial charge in [-0.1, -0.05) is 67.0 Å². The normalized spacial score (nSPS) is 19.9. The Labute approximate surface area is 166 Å². The van der Waals surface area contributed by atoms with E-state index in [1.807, 2.05) is 19.1 Å². The monoisotopic (exact) mass is 328 g/mol. The molecule has 1 aliphatic rings. The maximum atomic E-state index is 8.81. The zero-order valence-corrected chi connectivity index (χ0v) is 14.2. The van der Waals surface area contributed by atoms with E-state index in [2.05, 4.69) is 45.9 Å². The van der Waals surface area contributed by atoms with Gasteiger partial charge in [-0.05, 0) is 51.0 Å². The average Bonchev–Trinajstić information content (AvgIpc) is 2.37. The van der Waals surface area contributed by atoms with E-state index >= 15 is 0 Å². The van der Waals surface area contributed by atoms with Crippen LogP contribution in [0, 0.1) is 5.41 Å². The average molecular weight is 329 g/mol. The van der Waals surface area contributed by atoms with Crippen molar-refractivity contribution < 1.29 is 5.11 Å². The molecule has 0 saturated carbocycles. The van der Waals surface area contributed by atoms with Crippen LogP contribution in [0.4, 0.5) is 0 Å². The molecule has 0 fully saturated rings. The Morgan fingerprint density at radius 2 is 1.86 bits per heavy atom. The first-order chi connectivity index (χ1) is 9.86. The fraction of sp³-hybridized carbons (Fsp3) is 0.500. The molecule has 0 atom stereocenters. The van der Waals surface area contributed by atoms with Gasteiger partial charge in [-0.15, -0.1) is 0 Å². The van der Waals surface area contributed by atoms with Crippen LogP contribution in [-0.2, 0) is 0 Å². The Kier molecular flexibility index (Phi) is 10.6. The van der Waals surface area contributed by atoms with Crippen LogP contribution in [-0.4, -0.2) is 49.5 Å². The van der Waals surface area contributed by atoms with Crippen molar-refractivity contribution >= 4 is 37.7 Å². The van der Waals surface area contributed by atoms with Gasteiger partial charge in [0, 0.05) is 0 Å². The summed E-state index contributed by atoms with van der Waals surface area (Å²) in [6, 6.07) is 0. The number of hydrogen-bond donors (Lipinski definition) is 1. The number of hydrogen-bond acceptors (Lipinski definition) is 1. The van der Waals surface area contributed by atoms with E-state index in [9.17, 15) is 0 Å². The Balaban J connectivity index is 0.00000441. The summed E-state index contributed by atoms with van der Waals surface area (Å²) in [5.41, 5.74) is 5.66. The standard InChI is InChI=1S/C20H30O.Ca.2H/c1-16(8-6-9-17(2)13-15-21)11-12-19-18(3)10-7-14-20(19,4)5;;;/h6,8-9,11-13,21H,7,10,14-15H2,1-5H3;;;. The zero-order valence-electron chi connectivity index (χ0n) is 14.2. The van der Waals surface area contributed by atoms with E-state index in [1.54, 1.807) is 6.08 Å². The molecule has 0 spiro atoms. The molecule has 0 amide bonds. The molecule has 0 heterocycles. The summed E-state index contributed by atoms with van der Waals surface area (Å²) in [4.78, 5) is 0. The predicted octanol–water partition coefficient (Wildman–Crippen LogP) is 4.59. The third-order valence-electron chi connectivity index (χ3n) is 4.19. The van der Waals surface area contributed by atoms with Gasteiger partial charge in [-0.2, -0.15) is 0 Å². The Morgan fingerprint density at radius 3 is 2.45 bits per heavy atom. The summed E-state index contributed by atoms with van der Waals surface area (Å²) in [5.74, 6) is 0. The molecule has 0 bridgehead atoms. The van der Waals surface area contributed by atoms with Gasteiger partial charge < -0.3 is 5.11 Å². The fourth-order valence-electron chi connectivity index (χ4n) is 2.84. The molecule has 0 unspecified atom stereocenters. The summed E-state index contributed by atoms with van der Waals surface area (Å²) in [5, 5.41) is 8.81. The van der Waals surface area contributed by atoms with Crippen LogP contribution in [0.25, 0.3) is 0 Å². The molecule has 1 nitrogen and oxygen atoms in total. The summed E-state index contributed by atoms with van der Waals surface area (Å²) < 4.78 is 0. The first kappa shape index (κ1) is 21.9. The van der Waals surface area contributed by atoms with Crippen molar-refractivity contribution in [3.05, 3.63) is 58.7 Å². The molecule has 1 rings (SSSR count). The second-order valence-electron chi connectivity index (χ2n) is 6.67. The molecule has 120 valence electrons. The van der Waals surface area contributed by atoms with Gasteiger partial charge in [0.2, 0.25) is 0 Å². The topological polar surface area (TPSA) is 20.2 Å². The minimum absolute atomic E-state index is 0. The van der Waals surface area contributed by atoms with Crippen LogP contribution in [0.2, 0.25) is 0 Å². The summed E-state index contributed by atoms with van der Waals surface area (Å²) >= 11 is 0. The Morgan fingerprint density at radius 1 is 1.18 bits per heavy atom. The van der Waals surface area contributed by atoms with Gasteiger partial charge in [0.25, 0.3) is 0 Å². The third kappa shape index (κ3) is 7.46. The molecule has 0 aromatic rings. The molecule has 1 N–H and O–H groups in total. The van der Waals surface area contributed by atoms with Gasteiger partial charge in [-0.25, -0.2) is 0 Å². The van der Waals surface area contributed by atoms with E-state index in [-0.39, 0.29) is 44.3 Å². The predicted molar refractivity (Wildman–Crippen MR) is 102 cm³/mol. The number of allylic oxidation sites excluding steroid dienone is 9.